The summed E-state index contributed by atoms with van der Waals surface area (Å²) in [5.74, 6) is -2.01. The van der Waals surface area contributed by atoms with Gasteiger partial charge in [0.1, 0.15) is 0 Å². The van der Waals surface area contributed by atoms with Gasteiger partial charge in [0, 0.05) is 4.47 Å². The zero-order chi connectivity index (χ0) is 13.9. The number of rotatable bonds is 5. The van der Waals surface area contributed by atoms with Crippen molar-refractivity contribution in [2.45, 2.75) is 24.9 Å². The number of carboxylic acid groups (broad SMARTS) is 1. The molecule has 6 heteroatoms. The quantitative estimate of drug-likeness (QED) is 0.897. The van der Waals surface area contributed by atoms with Gasteiger partial charge < -0.3 is 5.11 Å². The fourth-order valence-corrected chi connectivity index (χ4v) is 4.21. The van der Waals surface area contributed by atoms with E-state index in [-0.39, 0.29) is 5.75 Å². The van der Waals surface area contributed by atoms with Gasteiger partial charge in [-0.05, 0) is 23.6 Å². The molecule has 1 aromatic rings. The molecule has 0 saturated carbocycles. The number of sulfone groups is 1. The molecule has 4 nitrogen and oxygen atoms in total. The number of benzene rings is 1. The van der Waals surface area contributed by atoms with Gasteiger partial charge in [0.15, 0.2) is 15.1 Å². The Labute approximate surface area is 115 Å². The van der Waals surface area contributed by atoms with Gasteiger partial charge in [-0.2, -0.15) is 0 Å². The van der Waals surface area contributed by atoms with Crippen molar-refractivity contribution in [3.63, 3.8) is 0 Å². The van der Waals surface area contributed by atoms with Crippen LogP contribution < -0.4 is 0 Å². The Morgan fingerprint density at radius 1 is 1.39 bits per heavy atom. The molecule has 1 aromatic carbocycles. The van der Waals surface area contributed by atoms with Gasteiger partial charge in [0.25, 0.3) is 0 Å². The van der Waals surface area contributed by atoms with Crippen molar-refractivity contribution in [3.8, 4) is 0 Å². The monoisotopic (exact) mass is 334 g/mol. The highest BCUT2D eigenvalue weighted by Crippen LogP contribution is 2.20. The minimum absolute atomic E-state index is 0.262. The first-order chi connectivity index (χ1) is 8.24. The predicted octanol–water partition coefficient (Wildman–Crippen LogP) is 2.47. The summed E-state index contributed by atoms with van der Waals surface area (Å²) in [5, 5.41) is 7.66. The maximum atomic E-state index is 12.1. The molecule has 18 heavy (non-hydrogen) atoms. The molecule has 0 radical (unpaired) electrons. The largest absolute Gasteiger partial charge is 0.480 e. The highest BCUT2D eigenvalue weighted by molar-refractivity contribution is 9.10. The predicted molar refractivity (Wildman–Crippen MR) is 73.0 cm³/mol. The summed E-state index contributed by atoms with van der Waals surface area (Å²) in [4.78, 5) is 11.1. The Morgan fingerprint density at radius 2 is 2.00 bits per heavy atom. The molecule has 0 fully saturated rings. The van der Waals surface area contributed by atoms with Gasteiger partial charge in [-0.1, -0.05) is 41.9 Å². The van der Waals surface area contributed by atoms with E-state index >= 15 is 0 Å². The summed E-state index contributed by atoms with van der Waals surface area (Å²) in [6.07, 6.45) is 0. The molecular formula is C12H15BrO4S. The Bertz CT molecular complexity index is 537. The number of aliphatic carboxylic acids is 1. The van der Waals surface area contributed by atoms with Crippen LogP contribution in [0.25, 0.3) is 0 Å². The number of carbonyl (C=O) groups is 1. The van der Waals surface area contributed by atoms with Crippen molar-refractivity contribution in [2.75, 3.05) is 0 Å². The van der Waals surface area contributed by atoms with E-state index < -0.39 is 27.0 Å². The molecule has 0 aromatic heterocycles. The summed E-state index contributed by atoms with van der Waals surface area (Å²) in [6.45, 7) is 3.19. The first-order valence-corrected chi connectivity index (χ1v) is 7.93. The summed E-state index contributed by atoms with van der Waals surface area (Å²) < 4.78 is 25.0. The third-order valence-electron chi connectivity index (χ3n) is 2.49. The van der Waals surface area contributed by atoms with Gasteiger partial charge in [-0.25, -0.2) is 8.42 Å². The first-order valence-electron chi connectivity index (χ1n) is 5.43. The number of hydrogen-bond donors (Lipinski definition) is 1. The molecule has 1 rings (SSSR count). The van der Waals surface area contributed by atoms with Crippen LogP contribution in [-0.4, -0.2) is 24.7 Å². The molecule has 1 atom stereocenters. The summed E-state index contributed by atoms with van der Waals surface area (Å²) in [7, 11) is -3.71. The normalized spacial score (nSPS) is 13.6. The lowest BCUT2D eigenvalue weighted by atomic mass is 10.1. The fourth-order valence-electron chi connectivity index (χ4n) is 1.80. The van der Waals surface area contributed by atoms with Gasteiger partial charge >= 0.3 is 5.97 Å². The average molecular weight is 335 g/mol. The van der Waals surface area contributed by atoms with Gasteiger partial charge in [0.05, 0.1) is 5.75 Å². The van der Waals surface area contributed by atoms with E-state index in [1.54, 1.807) is 38.1 Å². The van der Waals surface area contributed by atoms with Crippen LogP contribution in [0.5, 0.6) is 0 Å². The highest BCUT2D eigenvalue weighted by Gasteiger charge is 2.35. The maximum absolute atomic E-state index is 12.1. The van der Waals surface area contributed by atoms with Gasteiger partial charge in [-0.15, -0.1) is 0 Å². The third-order valence-corrected chi connectivity index (χ3v) is 5.24. The molecule has 0 bridgehead atoms. The minimum atomic E-state index is -3.71. The minimum Gasteiger partial charge on any atom is -0.480 e. The van der Waals surface area contributed by atoms with E-state index in [2.05, 4.69) is 15.9 Å². The molecule has 0 aliphatic heterocycles. The molecule has 0 amide bonds. The third kappa shape index (κ3) is 3.81. The van der Waals surface area contributed by atoms with Gasteiger partial charge in [0.2, 0.25) is 0 Å². The molecule has 0 spiro atoms. The van der Waals surface area contributed by atoms with Crippen LogP contribution in [0.3, 0.4) is 0 Å². The lowest BCUT2D eigenvalue weighted by Crippen LogP contribution is -2.35. The highest BCUT2D eigenvalue weighted by atomic mass is 79.9. The molecule has 100 valence electrons. The zero-order valence-corrected chi connectivity index (χ0v) is 12.5. The molecule has 1 unspecified atom stereocenters. The van der Waals surface area contributed by atoms with Crippen molar-refractivity contribution in [2.24, 2.45) is 5.92 Å². The summed E-state index contributed by atoms with van der Waals surface area (Å²) in [5.41, 5.74) is 0.580. The van der Waals surface area contributed by atoms with Crippen LogP contribution in [0.4, 0.5) is 0 Å². The lowest BCUT2D eigenvalue weighted by Gasteiger charge is -2.16. The van der Waals surface area contributed by atoms with E-state index in [9.17, 15) is 13.2 Å². The van der Waals surface area contributed by atoms with E-state index in [0.717, 1.165) is 4.47 Å². The summed E-state index contributed by atoms with van der Waals surface area (Å²) >= 11 is 3.25. The molecule has 0 aliphatic carbocycles. The Kier molecular flexibility index (Phi) is 4.92. The van der Waals surface area contributed by atoms with Crippen LogP contribution in [0.2, 0.25) is 0 Å². The Hall–Kier alpha value is -0.880. The molecule has 0 aliphatic rings. The maximum Gasteiger partial charge on any atom is 0.322 e. The molecule has 1 N–H and O–H groups in total. The average Bonchev–Trinajstić information content (AvgIpc) is 2.13. The van der Waals surface area contributed by atoms with Crippen LogP contribution in [0.1, 0.15) is 19.4 Å². The Morgan fingerprint density at radius 3 is 2.44 bits per heavy atom. The van der Waals surface area contributed by atoms with Crippen LogP contribution >= 0.6 is 15.9 Å². The van der Waals surface area contributed by atoms with Crippen molar-refractivity contribution in [1.29, 1.82) is 0 Å². The zero-order valence-electron chi connectivity index (χ0n) is 10.1. The number of carboxylic acids is 1. The van der Waals surface area contributed by atoms with E-state index in [1.165, 1.54) is 0 Å². The first kappa shape index (κ1) is 15.2. The van der Waals surface area contributed by atoms with Crippen LogP contribution in [0.15, 0.2) is 28.7 Å². The fraction of sp³-hybridized carbons (Fsp3) is 0.417. The molecule has 0 saturated heterocycles. The smallest absolute Gasteiger partial charge is 0.322 e. The van der Waals surface area contributed by atoms with E-state index in [4.69, 9.17) is 5.11 Å². The van der Waals surface area contributed by atoms with Crippen LogP contribution in [0, 0.1) is 5.92 Å². The number of halogens is 1. The van der Waals surface area contributed by atoms with Crippen molar-refractivity contribution < 1.29 is 18.3 Å². The van der Waals surface area contributed by atoms with Crippen molar-refractivity contribution in [3.05, 3.63) is 34.3 Å². The van der Waals surface area contributed by atoms with E-state index in [0.29, 0.717) is 5.56 Å². The molecular weight excluding hydrogens is 320 g/mol. The second kappa shape index (κ2) is 5.84. The summed E-state index contributed by atoms with van der Waals surface area (Å²) in [6, 6.07) is 6.85. The SMILES string of the molecule is CC(C)C(C(=O)O)S(=O)(=O)Cc1cccc(Br)c1. The topological polar surface area (TPSA) is 71.4 Å². The second-order valence-electron chi connectivity index (χ2n) is 4.44. The Balaban J connectivity index is 3.04. The standard InChI is InChI=1S/C12H15BrO4S/c1-8(2)11(12(14)15)18(16,17)7-9-4-3-5-10(13)6-9/h3-6,8,11H,7H2,1-2H3,(H,14,15). The van der Waals surface area contributed by atoms with E-state index in [1.807, 2.05) is 0 Å². The van der Waals surface area contributed by atoms with Crippen molar-refractivity contribution in [1.82, 2.24) is 0 Å². The second-order valence-corrected chi connectivity index (χ2v) is 7.48. The number of hydrogen-bond acceptors (Lipinski definition) is 3. The van der Waals surface area contributed by atoms with Crippen molar-refractivity contribution >= 4 is 31.7 Å². The molecule has 0 heterocycles. The lowest BCUT2D eigenvalue weighted by molar-refractivity contribution is -0.137. The van der Waals surface area contributed by atoms with Gasteiger partial charge in [-0.3, -0.25) is 4.79 Å². The van der Waals surface area contributed by atoms with Crippen LogP contribution in [-0.2, 0) is 20.4 Å².